The van der Waals surface area contributed by atoms with Crippen LogP contribution < -0.4 is 10.1 Å². The predicted molar refractivity (Wildman–Crippen MR) is 77.7 cm³/mol. The van der Waals surface area contributed by atoms with Crippen LogP contribution in [0, 0.1) is 0 Å². The van der Waals surface area contributed by atoms with E-state index in [0.717, 1.165) is 31.7 Å². The molecule has 18 heavy (non-hydrogen) atoms. The Hall–Kier alpha value is -1.25. The second-order valence-electron chi connectivity index (χ2n) is 4.54. The molecule has 2 nitrogen and oxygen atoms in total. The first-order valence-corrected chi connectivity index (χ1v) is 6.28. The Morgan fingerprint density at radius 2 is 1.67 bits per heavy atom. The highest BCUT2D eigenvalue weighted by Crippen LogP contribution is 2.27. The van der Waals surface area contributed by atoms with Crippen molar-refractivity contribution in [3.05, 3.63) is 42.5 Å². The molecule has 1 aliphatic rings. The number of fused-ring (bicyclic) bond motifs is 1. The topological polar surface area (TPSA) is 21.3 Å². The third kappa shape index (κ3) is 2.77. The highest BCUT2D eigenvalue weighted by molar-refractivity contribution is 5.88. The fourth-order valence-electron chi connectivity index (χ4n) is 2.39. The Kier molecular flexibility index (Phi) is 4.45. The minimum absolute atomic E-state index is 0. The summed E-state index contributed by atoms with van der Waals surface area (Å²) in [6, 6.07) is 14.7. The van der Waals surface area contributed by atoms with Crippen LogP contribution in [0.1, 0.15) is 12.8 Å². The first kappa shape index (κ1) is 13.2. The third-order valence-electron chi connectivity index (χ3n) is 3.33. The lowest BCUT2D eigenvalue weighted by Crippen LogP contribution is -2.34. The highest BCUT2D eigenvalue weighted by atomic mass is 35.5. The van der Waals surface area contributed by atoms with Gasteiger partial charge in [-0.3, -0.25) is 0 Å². The van der Waals surface area contributed by atoms with Gasteiger partial charge in [0, 0.05) is 5.39 Å². The molecule has 0 unspecified atom stereocenters. The van der Waals surface area contributed by atoms with Crippen LogP contribution in [0.3, 0.4) is 0 Å². The normalized spacial score (nSPS) is 16.2. The van der Waals surface area contributed by atoms with Crippen LogP contribution in [0.25, 0.3) is 10.8 Å². The van der Waals surface area contributed by atoms with Crippen molar-refractivity contribution in [3.63, 3.8) is 0 Å². The van der Waals surface area contributed by atoms with Crippen LogP contribution in [0.4, 0.5) is 0 Å². The Morgan fingerprint density at radius 3 is 2.50 bits per heavy atom. The number of rotatable bonds is 2. The molecule has 96 valence electrons. The zero-order valence-electron chi connectivity index (χ0n) is 10.3. The molecule has 1 heterocycles. The molecule has 1 aliphatic heterocycles. The summed E-state index contributed by atoms with van der Waals surface area (Å²) in [5.41, 5.74) is 0. The lowest BCUT2D eigenvalue weighted by atomic mass is 10.1. The van der Waals surface area contributed by atoms with Crippen LogP contribution in [-0.4, -0.2) is 19.2 Å². The molecule has 0 aliphatic carbocycles. The molecule has 0 aromatic heterocycles. The molecule has 0 atom stereocenters. The molecule has 2 aromatic rings. The summed E-state index contributed by atoms with van der Waals surface area (Å²) < 4.78 is 6.13. The standard InChI is InChI=1S/C15H17NO.ClH/c1-2-6-14-12(4-1)5-3-7-15(14)17-13-8-10-16-11-9-13;/h1-7,13,16H,8-11H2;1H. The van der Waals surface area contributed by atoms with Gasteiger partial charge in [-0.05, 0) is 37.4 Å². The maximum atomic E-state index is 6.13. The molecule has 0 radical (unpaired) electrons. The molecule has 3 rings (SSSR count). The quantitative estimate of drug-likeness (QED) is 0.897. The minimum Gasteiger partial charge on any atom is -0.490 e. The van der Waals surface area contributed by atoms with Crippen molar-refractivity contribution < 1.29 is 4.74 Å². The monoisotopic (exact) mass is 263 g/mol. The van der Waals surface area contributed by atoms with Crippen molar-refractivity contribution in [3.8, 4) is 5.75 Å². The van der Waals surface area contributed by atoms with Crippen LogP contribution in [0.2, 0.25) is 0 Å². The lowest BCUT2D eigenvalue weighted by molar-refractivity contribution is 0.164. The van der Waals surface area contributed by atoms with Crippen LogP contribution >= 0.6 is 12.4 Å². The van der Waals surface area contributed by atoms with Gasteiger partial charge in [0.1, 0.15) is 11.9 Å². The summed E-state index contributed by atoms with van der Waals surface area (Å²) in [6.07, 6.45) is 2.56. The Labute approximate surface area is 114 Å². The predicted octanol–water partition coefficient (Wildman–Crippen LogP) is 3.39. The van der Waals surface area contributed by atoms with E-state index in [-0.39, 0.29) is 12.4 Å². The van der Waals surface area contributed by atoms with E-state index in [1.165, 1.54) is 10.8 Å². The van der Waals surface area contributed by atoms with Crippen molar-refractivity contribution in [2.24, 2.45) is 0 Å². The van der Waals surface area contributed by atoms with Gasteiger partial charge in [0.15, 0.2) is 0 Å². The lowest BCUT2D eigenvalue weighted by Gasteiger charge is -2.24. The summed E-state index contributed by atoms with van der Waals surface area (Å²) in [7, 11) is 0. The molecule has 1 N–H and O–H groups in total. The number of ether oxygens (including phenoxy) is 1. The van der Waals surface area contributed by atoms with Gasteiger partial charge in [-0.15, -0.1) is 12.4 Å². The van der Waals surface area contributed by atoms with E-state index in [0.29, 0.717) is 6.10 Å². The summed E-state index contributed by atoms with van der Waals surface area (Å²) in [5, 5.41) is 5.82. The van der Waals surface area contributed by atoms with Crippen LogP contribution in [-0.2, 0) is 0 Å². The molecule has 0 saturated carbocycles. The largest absolute Gasteiger partial charge is 0.490 e. The number of benzene rings is 2. The van der Waals surface area contributed by atoms with Gasteiger partial charge in [-0.2, -0.15) is 0 Å². The van der Waals surface area contributed by atoms with Gasteiger partial charge in [0.25, 0.3) is 0 Å². The van der Waals surface area contributed by atoms with E-state index in [1.54, 1.807) is 0 Å². The van der Waals surface area contributed by atoms with Gasteiger partial charge >= 0.3 is 0 Å². The summed E-state index contributed by atoms with van der Waals surface area (Å²) >= 11 is 0. The van der Waals surface area contributed by atoms with Crippen LogP contribution in [0.5, 0.6) is 5.75 Å². The zero-order valence-corrected chi connectivity index (χ0v) is 11.1. The van der Waals surface area contributed by atoms with Crippen molar-refractivity contribution in [2.45, 2.75) is 18.9 Å². The van der Waals surface area contributed by atoms with Crippen molar-refractivity contribution in [2.75, 3.05) is 13.1 Å². The summed E-state index contributed by atoms with van der Waals surface area (Å²) in [4.78, 5) is 0. The minimum atomic E-state index is 0. The Bertz CT molecular complexity index is 503. The van der Waals surface area contributed by atoms with Crippen LogP contribution in [0.15, 0.2) is 42.5 Å². The average molecular weight is 264 g/mol. The summed E-state index contributed by atoms with van der Waals surface area (Å²) in [6.45, 7) is 2.13. The third-order valence-corrected chi connectivity index (χ3v) is 3.33. The first-order valence-electron chi connectivity index (χ1n) is 6.28. The van der Waals surface area contributed by atoms with Gasteiger partial charge in [-0.25, -0.2) is 0 Å². The number of nitrogens with one attached hydrogen (secondary N) is 1. The van der Waals surface area contributed by atoms with E-state index in [4.69, 9.17) is 4.74 Å². The van der Waals surface area contributed by atoms with Crippen molar-refractivity contribution >= 4 is 23.2 Å². The molecular weight excluding hydrogens is 246 g/mol. The fraction of sp³-hybridized carbons (Fsp3) is 0.333. The number of halogens is 1. The number of hydrogen-bond donors (Lipinski definition) is 1. The number of hydrogen-bond acceptors (Lipinski definition) is 2. The maximum absolute atomic E-state index is 6.13. The molecule has 3 heteroatoms. The first-order chi connectivity index (χ1) is 8.43. The summed E-state index contributed by atoms with van der Waals surface area (Å²) in [5.74, 6) is 1.02. The molecule has 1 fully saturated rings. The second-order valence-corrected chi connectivity index (χ2v) is 4.54. The van der Waals surface area contributed by atoms with E-state index >= 15 is 0 Å². The Balaban J connectivity index is 0.00000120. The molecule has 0 amide bonds. The van der Waals surface area contributed by atoms with E-state index in [9.17, 15) is 0 Å². The highest BCUT2D eigenvalue weighted by Gasteiger charge is 2.15. The van der Waals surface area contributed by atoms with E-state index in [1.807, 2.05) is 0 Å². The van der Waals surface area contributed by atoms with E-state index in [2.05, 4.69) is 47.8 Å². The van der Waals surface area contributed by atoms with Gasteiger partial charge in [-0.1, -0.05) is 36.4 Å². The smallest absolute Gasteiger partial charge is 0.127 e. The molecule has 1 saturated heterocycles. The van der Waals surface area contributed by atoms with Crippen molar-refractivity contribution in [1.29, 1.82) is 0 Å². The molecule has 2 aromatic carbocycles. The zero-order chi connectivity index (χ0) is 11.5. The van der Waals surface area contributed by atoms with Crippen molar-refractivity contribution in [1.82, 2.24) is 5.32 Å². The van der Waals surface area contributed by atoms with Gasteiger partial charge < -0.3 is 10.1 Å². The number of piperidine rings is 1. The molecular formula is C15H18ClNO. The molecule has 0 bridgehead atoms. The SMILES string of the molecule is Cl.c1ccc2c(OC3CCNCC3)cccc2c1. The van der Waals surface area contributed by atoms with Gasteiger partial charge in [0.05, 0.1) is 0 Å². The van der Waals surface area contributed by atoms with E-state index < -0.39 is 0 Å². The maximum Gasteiger partial charge on any atom is 0.127 e. The second kappa shape index (κ2) is 6.07. The van der Waals surface area contributed by atoms with Gasteiger partial charge in [0.2, 0.25) is 0 Å². The fourth-order valence-corrected chi connectivity index (χ4v) is 2.39. The Morgan fingerprint density at radius 1 is 0.944 bits per heavy atom. The molecule has 0 spiro atoms. The average Bonchev–Trinajstić information content (AvgIpc) is 2.40.